The van der Waals surface area contributed by atoms with Crippen LogP contribution in [-0.4, -0.2) is 36.0 Å². The lowest BCUT2D eigenvalue weighted by Crippen LogP contribution is -2.33. The van der Waals surface area contributed by atoms with E-state index in [9.17, 15) is 4.79 Å². The number of piperidine rings is 1. The fourth-order valence-corrected chi connectivity index (χ4v) is 2.40. The molecule has 0 aromatic carbocycles. The van der Waals surface area contributed by atoms with Crippen LogP contribution in [0.3, 0.4) is 0 Å². The van der Waals surface area contributed by atoms with Crippen LogP contribution >= 0.6 is 0 Å². The molecule has 0 saturated carbocycles. The van der Waals surface area contributed by atoms with Gasteiger partial charge >= 0.3 is 0 Å². The van der Waals surface area contributed by atoms with Crippen LogP contribution in [0.5, 0.6) is 0 Å². The summed E-state index contributed by atoms with van der Waals surface area (Å²) in [6.07, 6.45) is 6.65. The fourth-order valence-electron chi connectivity index (χ4n) is 2.40. The van der Waals surface area contributed by atoms with Crippen molar-refractivity contribution in [3.05, 3.63) is 22.6 Å². The van der Waals surface area contributed by atoms with Crippen molar-refractivity contribution >= 4 is 5.69 Å². The molecule has 1 aromatic rings. The molecule has 0 radical (unpaired) electrons. The van der Waals surface area contributed by atoms with E-state index in [4.69, 9.17) is 0 Å². The number of nitrogens with one attached hydrogen (secondary N) is 1. The van der Waals surface area contributed by atoms with Crippen molar-refractivity contribution in [1.82, 2.24) is 15.1 Å². The lowest BCUT2D eigenvalue weighted by Gasteiger charge is -2.28. The van der Waals surface area contributed by atoms with Gasteiger partial charge in [0.1, 0.15) is 0 Å². The van der Waals surface area contributed by atoms with Crippen LogP contribution < -0.4 is 15.8 Å². The quantitative estimate of drug-likeness (QED) is 0.785. The van der Waals surface area contributed by atoms with Crippen molar-refractivity contribution in [2.45, 2.75) is 39.2 Å². The molecule has 0 aliphatic carbocycles. The topological polar surface area (TPSA) is 50.2 Å². The van der Waals surface area contributed by atoms with Crippen LogP contribution in [-0.2, 0) is 6.54 Å². The minimum Gasteiger partial charge on any atom is -0.370 e. The highest BCUT2D eigenvalue weighted by molar-refractivity contribution is 5.43. The number of aromatic nitrogens is 2. The lowest BCUT2D eigenvalue weighted by molar-refractivity contribution is 0.527. The van der Waals surface area contributed by atoms with E-state index < -0.39 is 0 Å². The summed E-state index contributed by atoms with van der Waals surface area (Å²) < 4.78 is 1.54. The van der Waals surface area contributed by atoms with E-state index in [2.05, 4.69) is 22.2 Å². The van der Waals surface area contributed by atoms with Gasteiger partial charge < -0.3 is 10.2 Å². The Morgan fingerprint density at radius 1 is 1.26 bits per heavy atom. The zero-order valence-corrected chi connectivity index (χ0v) is 11.8. The molecule has 0 bridgehead atoms. The molecule has 1 N–H and O–H groups in total. The fraction of sp³-hybridized carbons (Fsp3) is 0.714. The molecule has 2 rings (SSSR count). The summed E-state index contributed by atoms with van der Waals surface area (Å²) in [6.45, 7) is 6.64. The predicted molar refractivity (Wildman–Crippen MR) is 77.7 cm³/mol. The molecular formula is C14H24N4O. The molecule has 106 valence electrons. The van der Waals surface area contributed by atoms with E-state index in [0.717, 1.165) is 38.3 Å². The highest BCUT2D eigenvalue weighted by Crippen LogP contribution is 2.16. The van der Waals surface area contributed by atoms with Crippen molar-refractivity contribution in [2.24, 2.45) is 0 Å². The summed E-state index contributed by atoms with van der Waals surface area (Å²) in [5.41, 5.74) is 0.976. The zero-order chi connectivity index (χ0) is 13.5. The SMILES string of the molecule is CCCNCCn1ncc(N2CCCCC2)cc1=O. The molecule has 2 heterocycles. The van der Waals surface area contributed by atoms with Gasteiger partial charge in [0.2, 0.25) is 0 Å². The molecule has 5 nitrogen and oxygen atoms in total. The van der Waals surface area contributed by atoms with Gasteiger partial charge in [0.05, 0.1) is 18.4 Å². The second kappa shape index (κ2) is 7.28. The minimum absolute atomic E-state index is 0.00127. The second-order valence-corrected chi connectivity index (χ2v) is 5.07. The molecule has 0 atom stereocenters. The molecule has 0 unspecified atom stereocenters. The molecule has 19 heavy (non-hydrogen) atoms. The van der Waals surface area contributed by atoms with Gasteiger partial charge in [-0.3, -0.25) is 4.79 Å². The third-order valence-electron chi connectivity index (χ3n) is 3.50. The summed E-state index contributed by atoms with van der Waals surface area (Å²) >= 11 is 0. The van der Waals surface area contributed by atoms with Gasteiger partial charge in [-0.15, -0.1) is 0 Å². The Morgan fingerprint density at radius 2 is 2.05 bits per heavy atom. The molecule has 0 spiro atoms. The first kappa shape index (κ1) is 14.1. The van der Waals surface area contributed by atoms with E-state index in [-0.39, 0.29) is 5.56 Å². The van der Waals surface area contributed by atoms with E-state index >= 15 is 0 Å². The Balaban J connectivity index is 1.94. The maximum atomic E-state index is 12.0. The third kappa shape index (κ3) is 4.06. The second-order valence-electron chi connectivity index (χ2n) is 5.07. The first-order chi connectivity index (χ1) is 9.31. The van der Waals surface area contributed by atoms with Gasteiger partial charge in [-0.05, 0) is 32.2 Å². The molecule has 1 aromatic heterocycles. The molecule has 5 heteroatoms. The van der Waals surface area contributed by atoms with E-state index in [1.165, 1.54) is 23.9 Å². The Kier molecular flexibility index (Phi) is 5.39. The maximum absolute atomic E-state index is 12.0. The summed E-state index contributed by atoms with van der Waals surface area (Å²) in [7, 11) is 0. The largest absolute Gasteiger partial charge is 0.370 e. The Hall–Kier alpha value is -1.36. The summed E-state index contributed by atoms with van der Waals surface area (Å²) in [5, 5.41) is 7.55. The summed E-state index contributed by atoms with van der Waals surface area (Å²) in [4.78, 5) is 14.3. The van der Waals surface area contributed by atoms with Crippen molar-refractivity contribution < 1.29 is 0 Å². The van der Waals surface area contributed by atoms with Crippen molar-refractivity contribution in [3.63, 3.8) is 0 Å². The zero-order valence-electron chi connectivity index (χ0n) is 11.8. The number of hydrogen-bond acceptors (Lipinski definition) is 4. The molecular weight excluding hydrogens is 240 g/mol. The highest BCUT2D eigenvalue weighted by Gasteiger charge is 2.12. The molecule has 1 aliphatic heterocycles. The average Bonchev–Trinajstić information content (AvgIpc) is 2.46. The Bertz CT molecular complexity index is 437. The predicted octanol–water partition coefficient (Wildman–Crippen LogP) is 1.23. The van der Waals surface area contributed by atoms with Crippen LogP contribution in [0.15, 0.2) is 17.1 Å². The lowest BCUT2D eigenvalue weighted by atomic mass is 10.1. The third-order valence-corrected chi connectivity index (χ3v) is 3.50. The van der Waals surface area contributed by atoms with Crippen LogP contribution in [0.25, 0.3) is 0 Å². The summed E-state index contributed by atoms with van der Waals surface area (Å²) in [6, 6.07) is 1.72. The number of hydrogen-bond donors (Lipinski definition) is 1. The van der Waals surface area contributed by atoms with Crippen LogP contribution in [0, 0.1) is 0 Å². The number of rotatable bonds is 6. The number of anilines is 1. The van der Waals surface area contributed by atoms with Gasteiger partial charge in [0, 0.05) is 25.7 Å². The van der Waals surface area contributed by atoms with Crippen LogP contribution in [0.4, 0.5) is 5.69 Å². The van der Waals surface area contributed by atoms with E-state index in [1.54, 1.807) is 6.07 Å². The minimum atomic E-state index is 0.00127. The molecule has 1 fully saturated rings. The Labute approximate surface area is 114 Å². The summed E-state index contributed by atoms with van der Waals surface area (Å²) in [5.74, 6) is 0. The Morgan fingerprint density at radius 3 is 2.74 bits per heavy atom. The van der Waals surface area contributed by atoms with E-state index in [0.29, 0.717) is 6.54 Å². The van der Waals surface area contributed by atoms with Crippen LogP contribution in [0.1, 0.15) is 32.6 Å². The number of nitrogens with zero attached hydrogens (tertiary/aromatic N) is 3. The van der Waals surface area contributed by atoms with Gasteiger partial charge in [0.15, 0.2) is 0 Å². The molecule has 1 saturated heterocycles. The van der Waals surface area contributed by atoms with Crippen molar-refractivity contribution in [3.8, 4) is 0 Å². The normalized spacial score (nSPS) is 15.7. The first-order valence-electron chi connectivity index (χ1n) is 7.34. The average molecular weight is 264 g/mol. The van der Waals surface area contributed by atoms with Gasteiger partial charge in [-0.2, -0.15) is 5.10 Å². The van der Waals surface area contributed by atoms with E-state index in [1.807, 2.05) is 6.20 Å². The molecule has 1 aliphatic rings. The van der Waals surface area contributed by atoms with Crippen molar-refractivity contribution in [1.29, 1.82) is 0 Å². The standard InChI is InChI=1S/C14H24N4O/c1-2-6-15-7-10-18-14(19)11-13(12-16-18)17-8-4-3-5-9-17/h11-12,15H,2-10H2,1H3. The van der Waals surface area contributed by atoms with Gasteiger partial charge in [-0.1, -0.05) is 6.92 Å². The monoisotopic (exact) mass is 264 g/mol. The maximum Gasteiger partial charge on any atom is 0.268 e. The molecule has 0 amide bonds. The smallest absolute Gasteiger partial charge is 0.268 e. The van der Waals surface area contributed by atoms with Crippen molar-refractivity contribution in [2.75, 3.05) is 31.1 Å². The van der Waals surface area contributed by atoms with Gasteiger partial charge in [0.25, 0.3) is 5.56 Å². The first-order valence-corrected chi connectivity index (χ1v) is 7.34. The van der Waals surface area contributed by atoms with Crippen LogP contribution in [0.2, 0.25) is 0 Å². The van der Waals surface area contributed by atoms with Gasteiger partial charge in [-0.25, -0.2) is 4.68 Å². The highest BCUT2D eigenvalue weighted by atomic mass is 16.1.